The second kappa shape index (κ2) is 9.74. The molecular formula is C22H24N6O2S. The quantitative estimate of drug-likeness (QED) is 0.573. The lowest BCUT2D eigenvalue weighted by molar-refractivity contribution is -0.113. The van der Waals surface area contributed by atoms with Crippen LogP contribution in [0.3, 0.4) is 0 Å². The van der Waals surface area contributed by atoms with Crippen molar-refractivity contribution in [3.8, 4) is 0 Å². The number of likely N-dealkylation sites (tertiary alicyclic amines) is 1. The third kappa shape index (κ3) is 5.29. The first-order valence-electron chi connectivity index (χ1n) is 10.2. The zero-order chi connectivity index (χ0) is 21.6. The molecule has 1 atom stereocenters. The zero-order valence-corrected chi connectivity index (χ0v) is 18.1. The lowest BCUT2D eigenvalue weighted by atomic mass is 10.0. The molecule has 0 radical (unpaired) electrons. The number of carbonyl (C=O) groups excluding carboxylic acids is 2. The molecule has 0 bridgehead atoms. The number of aryl methyl sites for hydroxylation is 1. The highest BCUT2D eigenvalue weighted by Gasteiger charge is 2.29. The van der Waals surface area contributed by atoms with Crippen molar-refractivity contribution in [2.45, 2.75) is 30.5 Å². The first-order chi connectivity index (χ1) is 15.1. The Bertz CT molecular complexity index is 1040. The van der Waals surface area contributed by atoms with Gasteiger partial charge >= 0.3 is 0 Å². The average molecular weight is 437 g/mol. The molecule has 8 nitrogen and oxygen atoms in total. The summed E-state index contributed by atoms with van der Waals surface area (Å²) < 4.78 is 1.52. The number of hydrogen-bond donors (Lipinski definition) is 1. The number of hydrogen-bond acceptors (Lipinski definition) is 6. The summed E-state index contributed by atoms with van der Waals surface area (Å²) >= 11 is 1.26. The van der Waals surface area contributed by atoms with Gasteiger partial charge in [-0.1, -0.05) is 42.1 Å². The summed E-state index contributed by atoms with van der Waals surface area (Å²) in [6.07, 6.45) is 2.92. The van der Waals surface area contributed by atoms with Gasteiger partial charge in [0, 0.05) is 30.9 Å². The van der Waals surface area contributed by atoms with Crippen LogP contribution in [0.2, 0.25) is 0 Å². The van der Waals surface area contributed by atoms with E-state index in [9.17, 15) is 9.59 Å². The van der Waals surface area contributed by atoms with Crippen LogP contribution < -0.4 is 5.32 Å². The SMILES string of the molecule is Cn1nnnc1SCC(=O)Nc1ccc(C(=O)N2CCC[C@H]2Cc2ccccc2)cc1. The van der Waals surface area contributed by atoms with Crippen molar-refractivity contribution >= 4 is 29.3 Å². The largest absolute Gasteiger partial charge is 0.335 e. The van der Waals surface area contributed by atoms with Gasteiger partial charge in [0.25, 0.3) is 5.91 Å². The van der Waals surface area contributed by atoms with Crippen LogP contribution in [0.15, 0.2) is 59.8 Å². The number of rotatable bonds is 7. The molecule has 0 unspecified atom stereocenters. The van der Waals surface area contributed by atoms with Gasteiger partial charge in [-0.3, -0.25) is 9.59 Å². The van der Waals surface area contributed by atoms with Crippen LogP contribution in [0.4, 0.5) is 5.69 Å². The maximum atomic E-state index is 13.1. The standard InChI is InChI=1S/C22H24N6O2S/c1-27-22(24-25-26-27)31-15-20(29)23-18-11-9-17(10-12-18)21(30)28-13-5-8-19(28)14-16-6-3-2-4-7-16/h2-4,6-7,9-12,19H,5,8,13-15H2,1H3,(H,23,29)/t19-/m0/s1. The Kier molecular flexibility index (Phi) is 6.61. The van der Waals surface area contributed by atoms with Crippen LogP contribution in [0.5, 0.6) is 0 Å². The van der Waals surface area contributed by atoms with Gasteiger partial charge in [-0.05, 0) is 59.5 Å². The van der Waals surface area contributed by atoms with Crippen LogP contribution in [-0.2, 0) is 18.3 Å². The van der Waals surface area contributed by atoms with Crippen molar-refractivity contribution in [3.63, 3.8) is 0 Å². The number of aromatic nitrogens is 4. The van der Waals surface area contributed by atoms with E-state index in [-0.39, 0.29) is 23.6 Å². The summed E-state index contributed by atoms with van der Waals surface area (Å²) in [6.45, 7) is 0.781. The highest BCUT2D eigenvalue weighted by Crippen LogP contribution is 2.24. The maximum Gasteiger partial charge on any atom is 0.254 e. The van der Waals surface area contributed by atoms with E-state index in [0.29, 0.717) is 16.4 Å². The minimum Gasteiger partial charge on any atom is -0.335 e. The molecule has 2 aromatic carbocycles. The molecule has 1 N–H and O–H groups in total. The molecule has 160 valence electrons. The van der Waals surface area contributed by atoms with Crippen LogP contribution in [0.1, 0.15) is 28.8 Å². The Morgan fingerprint density at radius 1 is 1.13 bits per heavy atom. The molecule has 0 spiro atoms. The monoisotopic (exact) mass is 436 g/mol. The second-order valence-corrected chi connectivity index (χ2v) is 8.43. The van der Waals surface area contributed by atoms with Gasteiger partial charge in [0.2, 0.25) is 11.1 Å². The van der Waals surface area contributed by atoms with Crippen LogP contribution >= 0.6 is 11.8 Å². The van der Waals surface area contributed by atoms with Crippen molar-refractivity contribution in [2.24, 2.45) is 7.05 Å². The van der Waals surface area contributed by atoms with Gasteiger partial charge in [-0.25, -0.2) is 4.68 Å². The minimum absolute atomic E-state index is 0.0432. The summed E-state index contributed by atoms with van der Waals surface area (Å²) in [5, 5.41) is 14.5. The van der Waals surface area contributed by atoms with Gasteiger partial charge in [0.15, 0.2) is 0 Å². The van der Waals surface area contributed by atoms with Gasteiger partial charge in [0.05, 0.1) is 5.75 Å². The number of anilines is 1. The molecule has 1 aliphatic heterocycles. The predicted octanol–water partition coefficient (Wildman–Crippen LogP) is 2.79. The van der Waals surface area contributed by atoms with Crippen molar-refractivity contribution in [3.05, 3.63) is 65.7 Å². The third-order valence-electron chi connectivity index (χ3n) is 5.28. The van der Waals surface area contributed by atoms with Gasteiger partial charge in [-0.15, -0.1) is 5.10 Å². The fourth-order valence-electron chi connectivity index (χ4n) is 3.73. The maximum absolute atomic E-state index is 13.1. The number of amides is 2. The van der Waals surface area contributed by atoms with Crippen LogP contribution in [0, 0.1) is 0 Å². The van der Waals surface area contributed by atoms with Gasteiger partial charge in [-0.2, -0.15) is 0 Å². The first kappa shape index (κ1) is 21.0. The zero-order valence-electron chi connectivity index (χ0n) is 17.3. The van der Waals surface area contributed by atoms with E-state index in [2.05, 4.69) is 33.0 Å². The minimum atomic E-state index is -0.158. The van der Waals surface area contributed by atoms with E-state index < -0.39 is 0 Å². The first-order valence-corrected chi connectivity index (χ1v) is 11.2. The summed E-state index contributed by atoms with van der Waals surface area (Å²) in [7, 11) is 1.72. The number of carbonyl (C=O) groups is 2. The normalized spacial score (nSPS) is 15.8. The molecule has 1 fully saturated rings. The summed E-state index contributed by atoms with van der Waals surface area (Å²) in [5.74, 6) is 0.0836. The Morgan fingerprint density at radius 3 is 2.61 bits per heavy atom. The fourth-order valence-corrected chi connectivity index (χ4v) is 4.38. The van der Waals surface area contributed by atoms with E-state index in [4.69, 9.17) is 0 Å². The molecule has 1 saturated heterocycles. The highest BCUT2D eigenvalue weighted by atomic mass is 32.2. The van der Waals surface area contributed by atoms with Crippen LogP contribution in [0.25, 0.3) is 0 Å². The Morgan fingerprint density at radius 2 is 1.90 bits per heavy atom. The molecule has 3 aromatic rings. The number of benzene rings is 2. The summed E-state index contributed by atoms with van der Waals surface area (Å²) in [5.41, 5.74) is 2.54. The van der Waals surface area contributed by atoms with E-state index in [0.717, 1.165) is 25.8 Å². The highest BCUT2D eigenvalue weighted by molar-refractivity contribution is 7.99. The number of thioether (sulfide) groups is 1. The van der Waals surface area contributed by atoms with Crippen molar-refractivity contribution in [1.82, 2.24) is 25.1 Å². The van der Waals surface area contributed by atoms with E-state index in [1.54, 1.807) is 31.3 Å². The number of nitrogens with one attached hydrogen (secondary N) is 1. The molecule has 2 heterocycles. The fraction of sp³-hybridized carbons (Fsp3) is 0.318. The van der Waals surface area contributed by atoms with Gasteiger partial charge in [0.1, 0.15) is 0 Å². The van der Waals surface area contributed by atoms with Gasteiger partial charge < -0.3 is 10.2 Å². The summed E-state index contributed by atoms with van der Waals surface area (Å²) in [4.78, 5) is 27.2. The number of nitrogens with zero attached hydrogens (tertiary/aromatic N) is 5. The molecular weight excluding hydrogens is 412 g/mol. The lowest BCUT2D eigenvalue weighted by Crippen LogP contribution is -2.36. The second-order valence-electron chi connectivity index (χ2n) is 7.48. The predicted molar refractivity (Wildman–Crippen MR) is 119 cm³/mol. The topological polar surface area (TPSA) is 93.0 Å². The Hall–Kier alpha value is -3.20. The molecule has 9 heteroatoms. The smallest absolute Gasteiger partial charge is 0.254 e. The van der Waals surface area contributed by atoms with Crippen molar-refractivity contribution in [2.75, 3.05) is 17.6 Å². The molecule has 0 saturated carbocycles. The third-order valence-corrected chi connectivity index (χ3v) is 6.29. The summed E-state index contributed by atoms with van der Waals surface area (Å²) in [6, 6.07) is 17.6. The lowest BCUT2D eigenvalue weighted by Gasteiger charge is -2.25. The molecule has 2 amide bonds. The Labute approximate surface area is 185 Å². The molecule has 1 aliphatic rings. The van der Waals surface area contributed by atoms with Crippen molar-refractivity contribution in [1.29, 1.82) is 0 Å². The Balaban J connectivity index is 1.33. The average Bonchev–Trinajstić information content (AvgIpc) is 3.42. The van der Waals surface area contributed by atoms with E-state index >= 15 is 0 Å². The number of tetrazole rings is 1. The molecule has 0 aliphatic carbocycles. The van der Waals surface area contributed by atoms with Crippen LogP contribution in [-0.4, -0.2) is 55.3 Å². The van der Waals surface area contributed by atoms with Crippen molar-refractivity contribution < 1.29 is 9.59 Å². The molecule has 1 aromatic heterocycles. The molecule has 4 rings (SSSR count). The molecule has 31 heavy (non-hydrogen) atoms. The van der Waals surface area contributed by atoms with E-state index in [1.165, 1.54) is 22.0 Å². The van der Waals surface area contributed by atoms with E-state index in [1.807, 2.05) is 23.1 Å².